The maximum absolute atomic E-state index is 8.44. The fourth-order valence-electron chi connectivity index (χ4n) is 2.15. The van der Waals surface area contributed by atoms with Crippen molar-refractivity contribution >= 4 is 5.84 Å². The van der Waals surface area contributed by atoms with Gasteiger partial charge in [0.25, 0.3) is 0 Å². The summed E-state index contributed by atoms with van der Waals surface area (Å²) in [6, 6.07) is 8.44. The lowest BCUT2D eigenvalue weighted by Gasteiger charge is -2.26. The molecule has 5 nitrogen and oxygen atoms in total. The van der Waals surface area contributed by atoms with E-state index < -0.39 is 0 Å². The molecule has 98 valence electrons. The lowest BCUT2D eigenvalue weighted by molar-refractivity contribution is 0.253. The molecule has 0 saturated heterocycles. The maximum Gasteiger partial charge on any atom is 0.139 e. The van der Waals surface area contributed by atoms with Crippen LogP contribution in [0.5, 0.6) is 5.75 Å². The van der Waals surface area contributed by atoms with Gasteiger partial charge in [0.15, 0.2) is 0 Å². The summed E-state index contributed by atoms with van der Waals surface area (Å²) in [6.07, 6.45) is 2.43. The molecule has 0 fully saturated rings. The average molecular weight is 249 g/mol. The molecule has 0 spiro atoms. The number of amidine groups is 1. The Morgan fingerprint density at radius 1 is 1.50 bits per heavy atom. The molecular weight excluding hydrogens is 230 g/mol. The van der Waals surface area contributed by atoms with E-state index >= 15 is 0 Å². The third-order valence-corrected chi connectivity index (χ3v) is 3.09. The van der Waals surface area contributed by atoms with Crippen LogP contribution in [0.1, 0.15) is 30.9 Å². The highest BCUT2D eigenvalue weighted by atomic mass is 16.5. The van der Waals surface area contributed by atoms with Crippen LogP contribution < -0.4 is 15.8 Å². The van der Waals surface area contributed by atoms with Crippen LogP contribution in [0, 0.1) is 0 Å². The summed E-state index contributed by atoms with van der Waals surface area (Å²) in [5.74, 6) is 1.25. The highest BCUT2D eigenvalue weighted by Gasteiger charge is 2.19. The van der Waals surface area contributed by atoms with Crippen LogP contribution in [-0.4, -0.2) is 24.2 Å². The number of rotatable bonds is 5. The van der Waals surface area contributed by atoms with Gasteiger partial charge in [-0.25, -0.2) is 0 Å². The molecule has 2 rings (SSSR count). The van der Waals surface area contributed by atoms with Gasteiger partial charge in [0.05, 0.1) is 6.61 Å². The van der Waals surface area contributed by atoms with Gasteiger partial charge in [0, 0.05) is 24.4 Å². The van der Waals surface area contributed by atoms with E-state index in [0.29, 0.717) is 12.5 Å². The van der Waals surface area contributed by atoms with Crippen molar-refractivity contribution in [2.45, 2.75) is 25.3 Å². The highest BCUT2D eigenvalue weighted by Crippen LogP contribution is 2.31. The van der Waals surface area contributed by atoms with E-state index in [4.69, 9.17) is 15.7 Å². The quantitative estimate of drug-likeness (QED) is 0.243. The van der Waals surface area contributed by atoms with E-state index in [0.717, 1.165) is 31.7 Å². The second kappa shape index (κ2) is 6.26. The highest BCUT2D eigenvalue weighted by molar-refractivity contribution is 5.79. The number of oxime groups is 1. The molecule has 0 saturated carbocycles. The van der Waals surface area contributed by atoms with E-state index in [2.05, 4.69) is 16.5 Å². The van der Waals surface area contributed by atoms with Gasteiger partial charge < -0.3 is 21.0 Å². The molecule has 0 amide bonds. The predicted molar refractivity (Wildman–Crippen MR) is 69.9 cm³/mol. The third kappa shape index (κ3) is 3.13. The Kier molecular flexibility index (Phi) is 4.41. The second-order valence-electron chi connectivity index (χ2n) is 4.38. The van der Waals surface area contributed by atoms with Crippen LogP contribution in [0.4, 0.5) is 0 Å². The van der Waals surface area contributed by atoms with E-state index in [1.807, 2.05) is 18.2 Å². The second-order valence-corrected chi connectivity index (χ2v) is 4.38. The molecule has 1 aromatic carbocycles. The molecule has 5 heteroatoms. The number of hydrogen-bond donors (Lipinski definition) is 3. The van der Waals surface area contributed by atoms with Gasteiger partial charge in [-0.15, -0.1) is 0 Å². The van der Waals surface area contributed by atoms with E-state index in [9.17, 15) is 0 Å². The molecule has 4 N–H and O–H groups in total. The van der Waals surface area contributed by atoms with Crippen molar-refractivity contribution in [2.24, 2.45) is 10.9 Å². The molecular formula is C13H19N3O2. The summed E-state index contributed by atoms with van der Waals surface area (Å²) in [4.78, 5) is 0. The molecule has 1 aliphatic heterocycles. The van der Waals surface area contributed by atoms with E-state index in [-0.39, 0.29) is 5.84 Å². The smallest absolute Gasteiger partial charge is 0.139 e. The van der Waals surface area contributed by atoms with Crippen molar-refractivity contribution in [3.63, 3.8) is 0 Å². The number of fused-ring (bicyclic) bond motifs is 1. The molecule has 18 heavy (non-hydrogen) atoms. The van der Waals surface area contributed by atoms with Gasteiger partial charge in [-0.05, 0) is 19.0 Å². The zero-order chi connectivity index (χ0) is 12.8. The summed E-state index contributed by atoms with van der Waals surface area (Å²) >= 11 is 0. The molecule has 1 aliphatic rings. The minimum atomic E-state index is 0.282. The normalized spacial score (nSPS) is 19.1. The Morgan fingerprint density at radius 3 is 3.17 bits per heavy atom. The fourth-order valence-corrected chi connectivity index (χ4v) is 2.15. The Morgan fingerprint density at radius 2 is 2.33 bits per heavy atom. The first kappa shape index (κ1) is 12.7. The zero-order valence-electron chi connectivity index (χ0n) is 10.3. The zero-order valence-corrected chi connectivity index (χ0v) is 10.3. The van der Waals surface area contributed by atoms with Crippen LogP contribution in [0.3, 0.4) is 0 Å². The number of nitrogens with one attached hydrogen (secondary N) is 1. The summed E-state index contributed by atoms with van der Waals surface area (Å²) in [5, 5.41) is 14.9. The standard InChI is InChI=1S/C13H19N3O2/c14-13(16-17)6-3-8-15-11-7-9-18-12-5-2-1-4-10(11)12/h1-2,4-5,11,15,17H,3,6-9H2,(H2,14,16). The van der Waals surface area contributed by atoms with Crippen molar-refractivity contribution < 1.29 is 9.94 Å². The molecule has 1 atom stereocenters. The van der Waals surface area contributed by atoms with Gasteiger partial charge in [0.2, 0.25) is 0 Å². The van der Waals surface area contributed by atoms with Crippen LogP contribution >= 0.6 is 0 Å². The summed E-state index contributed by atoms with van der Waals surface area (Å²) < 4.78 is 5.60. The monoisotopic (exact) mass is 249 g/mol. The van der Waals surface area contributed by atoms with E-state index in [1.54, 1.807) is 0 Å². The lowest BCUT2D eigenvalue weighted by atomic mass is 10.0. The number of nitrogens with zero attached hydrogens (tertiary/aromatic N) is 1. The van der Waals surface area contributed by atoms with Crippen molar-refractivity contribution in [3.05, 3.63) is 29.8 Å². The SMILES string of the molecule is NC(CCCNC1CCOc2ccccc21)=NO. The number of para-hydroxylation sites is 1. The average Bonchev–Trinajstić information content (AvgIpc) is 2.43. The minimum Gasteiger partial charge on any atom is -0.493 e. The Bertz CT molecular complexity index is 420. The van der Waals surface area contributed by atoms with Crippen molar-refractivity contribution in [3.8, 4) is 5.75 Å². The molecule has 1 heterocycles. The number of ether oxygens (including phenoxy) is 1. The summed E-state index contributed by atoms with van der Waals surface area (Å²) in [5.41, 5.74) is 6.64. The Balaban J connectivity index is 1.84. The predicted octanol–water partition coefficient (Wildman–Crippen LogP) is 1.63. The van der Waals surface area contributed by atoms with Crippen molar-refractivity contribution in [1.82, 2.24) is 5.32 Å². The van der Waals surface area contributed by atoms with Gasteiger partial charge >= 0.3 is 0 Å². The first-order valence-corrected chi connectivity index (χ1v) is 6.23. The van der Waals surface area contributed by atoms with Crippen LogP contribution in [0.2, 0.25) is 0 Å². The largest absolute Gasteiger partial charge is 0.493 e. The fraction of sp³-hybridized carbons (Fsp3) is 0.462. The molecule has 0 radical (unpaired) electrons. The van der Waals surface area contributed by atoms with Crippen molar-refractivity contribution in [1.29, 1.82) is 0 Å². The maximum atomic E-state index is 8.44. The Hall–Kier alpha value is -1.75. The molecule has 1 aromatic rings. The van der Waals surface area contributed by atoms with Gasteiger partial charge in [-0.1, -0.05) is 23.4 Å². The molecule has 0 aromatic heterocycles. The number of benzene rings is 1. The molecule has 1 unspecified atom stereocenters. The molecule has 0 bridgehead atoms. The van der Waals surface area contributed by atoms with Gasteiger partial charge in [-0.3, -0.25) is 0 Å². The number of hydrogen-bond acceptors (Lipinski definition) is 4. The molecule has 0 aliphatic carbocycles. The van der Waals surface area contributed by atoms with Crippen LogP contribution in [-0.2, 0) is 0 Å². The minimum absolute atomic E-state index is 0.282. The van der Waals surface area contributed by atoms with Crippen LogP contribution in [0.15, 0.2) is 29.4 Å². The summed E-state index contributed by atoms with van der Waals surface area (Å²) in [6.45, 7) is 1.59. The van der Waals surface area contributed by atoms with Gasteiger partial charge in [-0.2, -0.15) is 0 Å². The summed E-state index contributed by atoms with van der Waals surface area (Å²) in [7, 11) is 0. The van der Waals surface area contributed by atoms with Crippen LogP contribution in [0.25, 0.3) is 0 Å². The topological polar surface area (TPSA) is 79.9 Å². The third-order valence-electron chi connectivity index (χ3n) is 3.09. The van der Waals surface area contributed by atoms with Crippen molar-refractivity contribution in [2.75, 3.05) is 13.2 Å². The first-order valence-electron chi connectivity index (χ1n) is 6.23. The van der Waals surface area contributed by atoms with E-state index in [1.165, 1.54) is 5.56 Å². The van der Waals surface area contributed by atoms with Gasteiger partial charge in [0.1, 0.15) is 11.6 Å². The lowest BCUT2D eigenvalue weighted by Crippen LogP contribution is -2.28. The number of nitrogens with two attached hydrogens (primary N) is 1. The first-order chi connectivity index (χ1) is 8.81. The Labute approximate surface area is 107 Å².